The van der Waals surface area contributed by atoms with Crippen LogP contribution in [0.2, 0.25) is 0 Å². The lowest BCUT2D eigenvalue weighted by atomic mass is 10.1. The molecule has 21 heavy (non-hydrogen) atoms. The van der Waals surface area contributed by atoms with Gasteiger partial charge in [-0.2, -0.15) is 0 Å². The molecular formula is C15H27N3O3. The number of imide groups is 1. The Bertz CT molecular complexity index is 356. The van der Waals surface area contributed by atoms with Gasteiger partial charge in [0, 0.05) is 12.1 Å². The van der Waals surface area contributed by atoms with E-state index < -0.39 is 0 Å². The topological polar surface area (TPSA) is 81.7 Å². The molecule has 2 fully saturated rings. The average Bonchev–Trinajstić information content (AvgIpc) is 2.84. The van der Waals surface area contributed by atoms with Crippen LogP contribution in [0.3, 0.4) is 0 Å². The van der Waals surface area contributed by atoms with E-state index in [0.717, 1.165) is 57.9 Å². The van der Waals surface area contributed by atoms with E-state index in [2.05, 4.69) is 10.6 Å². The van der Waals surface area contributed by atoms with Gasteiger partial charge in [-0.25, -0.2) is 4.79 Å². The molecule has 0 spiro atoms. The van der Waals surface area contributed by atoms with Gasteiger partial charge >= 0.3 is 6.03 Å². The third-order valence-electron chi connectivity index (χ3n) is 4.50. The van der Waals surface area contributed by atoms with Crippen LogP contribution in [0.1, 0.15) is 51.4 Å². The van der Waals surface area contributed by atoms with Crippen molar-refractivity contribution in [2.24, 2.45) is 0 Å². The van der Waals surface area contributed by atoms with Gasteiger partial charge in [0.15, 0.2) is 0 Å². The van der Waals surface area contributed by atoms with Crippen LogP contribution in [0.4, 0.5) is 4.79 Å². The standard InChI is InChI=1S/C15H27N3O3/c19-11-13-8-2-1-5-9-18(13)10-14(20)17-15(21)16-12-6-3-4-7-12/h12-13,19H,1-11H2,(H2,16,17,20,21). The Morgan fingerprint density at radius 2 is 1.76 bits per heavy atom. The fourth-order valence-corrected chi connectivity index (χ4v) is 3.29. The molecule has 2 rings (SSSR count). The second-order valence-electron chi connectivity index (χ2n) is 6.16. The third-order valence-corrected chi connectivity index (χ3v) is 4.50. The molecule has 1 atom stereocenters. The van der Waals surface area contributed by atoms with Gasteiger partial charge in [-0.15, -0.1) is 0 Å². The first-order valence-corrected chi connectivity index (χ1v) is 8.14. The molecule has 3 amide bonds. The molecule has 1 aliphatic heterocycles. The number of urea groups is 1. The summed E-state index contributed by atoms with van der Waals surface area (Å²) >= 11 is 0. The molecule has 0 bridgehead atoms. The number of hydrogen-bond donors (Lipinski definition) is 3. The highest BCUT2D eigenvalue weighted by Crippen LogP contribution is 2.17. The first kappa shape index (κ1) is 16.2. The number of carbonyl (C=O) groups is 2. The summed E-state index contributed by atoms with van der Waals surface area (Å²) in [4.78, 5) is 25.7. The van der Waals surface area contributed by atoms with Crippen molar-refractivity contribution in [1.29, 1.82) is 0 Å². The molecule has 0 aromatic heterocycles. The lowest BCUT2D eigenvalue weighted by Crippen LogP contribution is -2.49. The van der Waals surface area contributed by atoms with E-state index in [4.69, 9.17) is 0 Å². The number of rotatable bonds is 4. The van der Waals surface area contributed by atoms with Crippen LogP contribution in [-0.4, -0.2) is 53.7 Å². The predicted octanol–water partition coefficient (Wildman–Crippen LogP) is 0.992. The van der Waals surface area contributed by atoms with Crippen molar-refractivity contribution in [2.45, 2.75) is 63.5 Å². The maximum Gasteiger partial charge on any atom is 0.321 e. The summed E-state index contributed by atoms with van der Waals surface area (Å²) in [6.07, 6.45) is 8.47. The summed E-state index contributed by atoms with van der Waals surface area (Å²) in [6, 6.07) is -0.139. The minimum absolute atomic E-state index is 0.0381. The fourth-order valence-electron chi connectivity index (χ4n) is 3.29. The van der Waals surface area contributed by atoms with Crippen LogP contribution in [0.15, 0.2) is 0 Å². The molecule has 2 aliphatic rings. The van der Waals surface area contributed by atoms with E-state index in [0.29, 0.717) is 0 Å². The number of aliphatic hydroxyl groups is 1. The Morgan fingerprint density at radius 3 is 2.48 bits per heavy atom. The number of hydrogen-bond acceptors (Lipinski definition) is 4. The van der Waals surface area contributed by atoms with Crippen LogP contribution in [0, 0.1) is 0 Å². The van der Waals surface area contributed by atoms with E-state index in [9.17, 15) is 14.7 Å². The molecule has 1 aliphatic carbocycles. The number of carbonyl (C=O) groups excluding carboxylic acids is 2. The first-order chi connectivity index (χ1) is 10.2. The van der Waals surface area contributed by atoms with Gasteiger partial charge in [-0.1, -0.05) is 25.7 Å². The number of aliphatic hydroxyl groups excluding tert-OH is 1. The van der Waals surface area contributed by atoms with Crippen molar-refractivity contribution < 1.29 is 14.7 Å². The Morgan fingerprint density at radius 1 is 1.05 bits per heavy atom. The zero-order valence-corrected chi connectivity index (χ0v) is 12.6. The zero-order valence-electron chi connectivity index (χ0n) is 12.6. The van der Waals surface area contributed by atoms with Gasteiger partial charge in [-0.3, -0.25) is 15.0 Å². The summed E-state index contributed by atoms with van der Waals surface area (Å²) in [5, 5.41) is 14.7. The van der Waals surface area contributed by atoms with E-state index in [1.807, 2.05) is 4.90 Å². The highest BCUT2D eigenvalue weighted by Gasteiger charge is 2.23. The predicted molar refractivity (Wildman–Crippen MR) is 79.8 cm³/mol. The Labute approximate surface area is 126 Å². The van der Waals surface area contributed by atoms with Gasteiger partial charge in [0.2, 0.25) is 5.91 Å². The van der Waals surface area contributed by atoms with Crippen molar-refractivity contribution >= 4 is 11.9 Å². The summed E-state index contributed by atoms with van der Waals surface area (Å²) < 4.78 is 0. The quantitative estimate of drug-likeness (QED) is 0.723. The van der Waals surface area contributed by atoms with Crippen molar-refractivity contribution in [1.82, 2.24) is 15.5 Å². The lowest BCUT2D eigenvalue weighted by molar-refractivity contribution is -0.121. The van der Waals surface area contributed by atoms with Gasteiger partial charge in [0.1, 0.15) is 0 Å². The number of nitrogens with zero attached hydrogens (tertiary/aromatic N) is 1. The zero-order chi connectivity index (χ0) is 15.1. The lowest BCUT2D eigenvalue weighted by Gasteiger charge is -2.27. The van der Waals surface area contributed by atoms with Gasteiger partial charge in [-0.05, 0) is 32.2 Å². The Hall–Kier alpha value is -1.14. The molecule has 120 valence electrons. The van der Waals surface area contributed by atoms with Crippen LogP contribution >= 0.6 is 0 Å². The largest absolute Gasteiger partial charge is 0.395 e. The smallest absolute Gasteiger partial charge is 0.321 e. The molecular weight excluding hydrogens is 270 g/mol. The van der Waals surface area contributed by atoms with Crippen molar-refractivity contribution in [3.05, 3.63) is 0 Å². The summed E-state index contributed by atoms with van der Waals surface area (Å²) in [6.45, 7) is 1.06. The molecule has 3 N–H and O–H groups in total. The van der Waals surface area contributed by atoms with Gasteiger partial charge < -0.3 is 10.4 Å². The maximum atomic E-state index is 12.0. The van der Waals surface area contributed by atoms with E-state index >= 15 is 0 Å². The number of nitrogens with one attached hydrogen (secondary N) is 2. The first-order valence-electron chi connectivity index (χ1n) is 8.14. The molecule has 1 saturated heterocycles. The Kier molecular flexibility index (Phi) is 6.45. The maximum absolute atomic E-state index is 12.0. The summed E-state index contributed by atoms with van der Waals surface area (Å²) in [5.41, 5.74) is 0. The summed E-state index contributed by atoms with van der Waals surface area (Å²) in [7, 11) is 0. The SMILES string of the molecule is O=C(CN1CCCCCC1CO)NC(=O)NC1CCCC1. The van der Waals surface area contributed by atoms with Gasteiger partial charge in [0.05, 0.1) is 13.2 Å². The van der Waals surface area contributed by atoms with Gasteiger partial charge in [0.25, 0.3) is 0 Å². The molecule has 0 aromatic carbocycles. The van der Waals surface area contributed by atoms with Crippen LogP contribution < -0.4 is 10.6 Å². The normalized spacial score (nSPS) is 24.5. The van der Waals surface area contributed by atoms with Crippen LogP contribution in [0.5, 0.6) is 0 Å². The van der Waals surface area contributed by atoms with Crippen molar-refractivity contribution in [2.75, 3.05) is 19.7 Å². The van der Waals surface area contributed by atoms with Crippen LogP contribution in [-0.2, 0) is 4.79 Å². The average molecular weight is 297 g/mol. The highest BCUT2D eigenvalue weighted by molar-refractivity contribution is 5.95. The molecule has 0 radical (unpaired) electrons. The Balaban J connectivity index is 1.75. The molecule has 6 nitrogen and oxygen atoms in total. The van der Waals surface area contributed by atoms with E-state index in [1.165, 1.54) is 0 Å². The molecule has 6 heteroatoms. The third kappa shape index (κ3) is 5.28. The summed E-state index contributed by atoms with van der Waals surface area (Å²) in [5.74, 6) is -0.286. The van der Waals surface area contributed by atoms with Crippen molar-refractivity contribution in [3.8, 4) is 0 Å². The van der Waals surface area contributed by atoms with Crippen LogP contribution in [0.25, 0.3) is 0 Å². The molecule has 1 heterocycles. The highest BCUT2D eigenvalue weighted by atomic mass is 16.3. The minimum atomic E-state index is -0.387. The van der Waals surface area contributed by atoms with E-state index in [1.54, 1.807) is 0 Å². The monoisotopic (exact) mass is 297 g/mol. The van der Waals surface area contributed by atoms with Crippen molar-refractivity contribution in [3.63, 3.8) is 0 Å². The molecule has 1 saturated carbocycles. The second kappa shape index (κ2) is 8.34. The minimum Gasteiger partial charge on any atom is -0.395 e. The van der Waals surface area contributed by atoms with E-state index in [-0.39, 0.29) is 37.2 Å². The number of likely N-dealkylation sites (tertiary alicyclic amines) is 1. The molecule has 1 unspecified atom stereocenters. The molecule has 0 aromatic rings. The number of amides is 3. The fraction of sp³-hybridized carbons (Fsp3) is 0.867. The second-order valence-corrected chi connectivity index (χ2v) is 6.16.